The first-order valence-corrected chi connectivity index (χ1v) is 5.55. The quantitative estimate of drug-likeness (QED) is 0.746. The summed E-state index contributed by atoms with van der Waals surface area (Å²) in [5.41, 5.74) is 10.6. The smallest absolute Gasteiger partial charge is 0.129 e. The standard InChI is InChI=1S/C14H19BN/c1-5-12-11(9-14(16)15-4)7-6-8-13(12)10(2)3/h5-8,14H,1-2,9,16H2,3-4H3. The first-order valence-electron chi connectivity index (χ1n) is 5.55. The summed E-state index contributed by atoms with van der Waals surface area (Å²) < 4.78 is 0. The minimum atomic E-state index is 0.0964. The SMILES string of the molecule is C=Cc1c(CC(N)[B]C)cccc1C(=C)C. The van der Waals surface area contributed by atoms with Gasteiger partial charge in [-0.15, -0.1) is 0 Å². The van der Waals surface area contributed by atoms with Gasteiger partial charge in [0.25, 0.3) is 0 Å². The third-order valence-corrected chi connectivity index (χ3v) is 2.74. The lowest BCUT2D eigenvalue weighted by Crippen LogP contribution is -2.28. The van der Waals surface area contributed by atoms with Gasteiger partial charge in [0.05, 0.1) is 0 Å². The molecule has 0 aliphatic heterocycles. The molecule has 1 unspecified atom stereocenters. The van der Waals surface area contributed by atoms with Gasteiger partial charge < -0.3 is 5.73 Å². The van der Waals surface area contributed by atoms with Gasteiger partial charge in [0.15, 0.2) is 0 Å². The van der Waals surface area contributed by atoms with Crippen molar-refractivity contribution in [1.82, 2.24) is 0 Å². The highest BCUT2D eigenvalue weighted by Gasteiger charge is 2.09. The Bertz CT molecular complexity index is 396. The van der Waals surface area contributed by atoms with E-state index in [1.807, 2.05) is 27.1 Å². The zero-order chi connectivity index (χ0) is 12.1. The predicted molar refractivity (Wildman–Crippen MR) is 74.5 cm³/mol. The lowest BCUT2D eigenvalue weighted by Gasteiger charge is -2.14. The van der Waals surface area contributed by atoms with Crippen molar-refractivity contribution < 1.29 is 0 Å². The van der Waals surface area contributed by atoms with E-state index < -0.39 is 0 Å². The van der Waals surface area contributed by atoms with Crippen LogP contribution in [0.3, 0.4) is 0 Å². The molecule has 0 saturated heterocycles. The molecule has 1 atom stereocenters. The van der Waals surface area contributed by atoms with Crippen molar-refractivity contribution in [1.29, 1.82) is 0 Å². The Balaban J connectivity index is 3.13. The van der Waals surface area contributed by atoms with Gasteiger partial charge in [-0.3, -0.25) is 0 Å². The second-order valence-electron chi connectivity index (χ2n) is 4.06. The summed E-state index contributed by atoms with van der Waals surface area (Å²) in [7, 11) is 2.01. The molecule has 2 N–H and O–H groups in total. The molecule has 16 heavy (non-hydrogen) atoms. The molecule has 0 heterocycles. The molecule has 1 rings (SSSR count). The maximum absolute atomic E-state index is 5.94. The monoisotopic (exact) mass is 212 g/mol. The van der Waals surface area contributed by atoms with E-state index in [9.17, 15) is 0 Å². The lowest BCUT2D eigenvalue weighted by atomic mass is 9.70. The summed E-state index contributed by atoms with van der Waals surface area (Å²) in [5.74, 6) is 0.0964. The van der Waals surface area contributed by atoms with Crippen LogP contribution in [0.5, 0.6) is 0 Å². The van der Waals surface area contributed by atoms with Crippen LogP contribution in [-0.2, 0) is 6.42 Å². The average Bonchev–Trinajstić information content (AvgIpc) is 2.28. The Hall–Kier alpha value is -1.28. The van der Waals surface area contributed by atoms with Gasteiger partial charge in [0, 0.05) is 0 Å². The van der Waals surface area contributed by atoms with Crippen LogP contribution in [0, 0.1) is 0 Å². The number of benzene rings is 1. The zero-order valence-electron chi connectivity index (χ0n) is 10.2. The highest BCUT2D eigenvalue weighted by molar-refractivity contribution is 6.35. The van der Waals surface area contributed by atoms with E-state index in [2.05, 4.69) is 31.4 Å². The van der Waals surface area contributed by atoms with Gasteiger partial charge >= 0.3 is 0 Å². The minimum Gasteiger partial charge on any atom is -0.335 e. The molecule has 0 aliphatic carbocycles. The van der Waals surface area contributed by atoms with E-state index in [1.54, 1.807) is 0 Å². The third kappa shape index (κ3) is 2.86. The summed E-state index contributed by atoms with van der Waals surface area (Å²) in [6, 6.07) is 6.23. The van der Waals surface area contributed by atoms with Crippen molar-refractivity contribution in [2.45, 2.75) is 26.1 Å². The molecule has 0 spiro atoms. The predicted octanol–water partition coefficient (Wildman–Crippen LogP) is 2.94. The number of rotatable bonds is 5. The fourth-order valence-electron chi connectivity index (χ4n) is 1.78. The molecule has 2 heteroatoms. The summed E-state index contributed by atoms with van der Waals surface area (Å²) in [5, 5.41) is 0. The van der Waals surface area contributed by atoms with Gasteiger partial charge in [-0.25, -0.2) is 0 Å². The van der Waals surface area contributed by atoms with E-state index in [0.29, 0.717) is 0 Å². The Morgan fingerprint density at radius 3 is 2.75 bits per heavy atom. The van der Waals surface area contributed by atoms with Gasteiger partial charge in [-0.2, -0.15) is 0 Å². The van der Waals surface area contributed by atoms with Gasteiger partial charge in [0.1, 0.15) is 7.28 Å². The lowest BCUT2D eigenvalue weighted by molar-refractivity contribution is 0.876. The van der Waals surface area contributed by atoms with Crippen molar-refractivity contribution in [2.75, 3.05) is 0 Å². The Labute approximate surface area is 99.3 Å². The van der Waals surface area contributed by atoms with Crippen LogP contribution in [0.4, 0.5) is 0 Å². The Morgan fingerprint density at radius 1 is 1.56 bits per heavy atom. The summed E-state index contributed by atoms with van der Waals surface area (Å²) in [6.45, 7) is 11.9. The van der Waals surface area contributed by atoms with E-state index >= 15 is 0 Å². The van der Waals surface area contributed by atoms with Crippen molar-refractivity contribution in [3.63, 3.8) is 0 Å². The summed E-state index contributed by atoms with van der Waals surface area (Å²) in [4.78, 5) is 0. The largest absolute Gasteiger partial charge is 0.335 e. The topological polar surface area (TPSA) is 26.0 Å². The maximum atomic E-state index is 5.94. The Kier molecular flexibility index (Phi) is 4.57. The van der Waals surface area contributed by atoms with E-state index in [1.165, 1.54) is 5.56 Å². The molecule has 1 radical (unpaired) electrons. The molecule has 0 aliphatic rings. The van der Waals surface area contributed by atoms with Crippen molar-refractivity contribution in [3.8, 4) is 0 Å². The summed E-state index contributed by atoms with van der Waals surface area (Å²) >= 11 is 0. The highest BCUT2D eigenvalue weighted by atomic mass is 14.6. The van der Waals surface area contributed by atoms with Crippen LogP contribution in [0.25, 0.3) is 11.6 Å². The average molecular weight is 212 g/mol. The van der Waals surface area contributed by atoms with Crippen LogP contribution < -0.4 is 5.73 Å². The van der Waals surface area contributed by atoms with Crippen LogP contribution in [0.2, 0.25) is 6.82 Å². The molecule has 1 aromatic carbocycles. The van der Waals surface area contributed by atoms with Crippen LogP contribution in [0.15, 0.2) is 31.4 Å². The second-order valence-corrected chi connectivity index (χ2v) is 4.06. The molecule has 0 fully saturated rings. The first-order chi connectivity index (χ1) is 7.60. The fourth-order valence-corrected chi connectivity index (χ4v) is 1.78. The van der Waals surface area contributed by atoms with E-state index in [4.69, 9.17) is 5.73 Å². The number of allylic oxidation sites excluding steroid dienone is 1. The van der Waals surface area contributed by atoms with Crippen molar-refractivity contribution >= 4 is 18.9 Å². The maximum Gasteiger partial charge on any atom is 0.129 e. The van der Waals surface area contributed by atoms with Crippen molar-refractivity contribution in [2.24, 2.45) is 5.73 Å². The second kappa shape index (κ2) is 5.71. The van der Waals surface area contributed by atoms with E-state index in [0.717, 1.165) is 23.1 Å². The molecule has 0 saturated carbocycles. The van der Waals surface area contributed by atoms with Crippen LogP contribution >= 0.6 is 0 Å². The normalized spacial score (nSPS) is 11.9. The van der Waals surface area contributed by atoms with E-state index in [-0.39, 0.29) is 5.94 Å². The minimum absolute atomic E-state index is 0.0964. The zero-order valence-corrected chi connectivity index (χ0v) is 10.2. The van der Waals surface area contributed by atoms with Crippen LogP contribution in [0.1, 0.15) is 23.6 Å². The molecular weight excluding hydrogens is 193 g/mol. The number of hydrogen-bond acceptors (Lipinski definition) is 1. The van der Waals surface area contributed by atoms with Gasteiger partial charge in [-0.05, 0) is 36.0 Å². The molecule has 1 nitrogen and oxygen atoms in total. The molecule has 0 amide bonds. The van der Waals surface area contributed by atoms with Gasteiger partial charge in [-0.1, -0.05) is 49.8 Å². The number of hydrogen-bond donors (Lipinski definition) is 1. The third-order valence-electron chi connectivity index (χ3n) is 2.74. The van der Waals surface area contributed by atoms with Crippen LogP contribution in [-0.4, -0.2) is 13.2 Å². The highest BCUT2D eigenvalue weighted by Crippen LogP contribution is 2.23. The molecular formula is C14H19BN. The molecule has 83 valence electrons. The molecule has 1 aromatic rings. The van der Waals surface area contributed by atoms with Crippen molar-refractivity contribution in [3.05, 3.63) is 48.0 Å². The van der Waals surface area contributed by atoms with Gasteiger partial charge in [0.2, 0.25) is 0 Å². The Morgan fingerprint density at radius 2 is 2.25 bits per heavy atom. The molecule has 0 bridgehead atoms. The molecule has 0 aromatic heterocycles. The summed E-state index contributed by atoms with van der Waals surface area (Å²) in [6.07, 6.45) is 2.74. The first kappa shape index (κ1) is 12.8. The fraction of sp³-hybridized carbons (Fsp3) is 0.286. The number of nitrogens with two attached hydrogens (primary N) is 1.